The molecule has 1 aliphatic rings. The Kier molecular flexibility index (Phi) is 5.24. The fraction of sp³-hybridized carbons (Fsp3) is 0.385. The molecule has 1 saturated heterocycles. The molecule has 4 aromatic rings. The van der Waals surface area contributed by atoms with Gasteiger partial charge < -0.3 is 10.2 Å². The van der Waals surface area contributed by atoms with Crippen molar-refractivity contribution in [2.24, 2.45) is 0 Å². The van der Waals surface area contributed by atoms with Crippen molar-refractivity contribution in [2.75, 3.05) is 11.9 Å². The molecule has 0 bridgehead atoms. The lowest BCUT2D eigenvalue weighted by molar-refractivity contribution is 0.160. The molecule has 0 atom stereocenters. The molecule has 8 heteroatoms. The third-order valence-corrected chi connectivity index (χ3v) is 6.87. The van der Waals surface area contributed by atoms with E-state index in [1.165, 1.54) is 0 Å². The van der Waals surface area contributed by atoms with Crippen LogP contribution in [0.5, 0.6) is 0 Å². The Balaban J connectivity index is 1.53. The number of benzene rings is 2. The maximum absolute atomic E-state index is 15.5. The normalized spacial score (nSPS) is 17.9. The van der Waals surface area contributed by atoms with Gasteiger partial charge in [0.15, 0.2) is 11.6 Å². The van der Waals surface area contributed by atoms with Crippen LogP contribution in [0.2, 0.25) is 0 Å². The van der Waals surface area contributed by atoms with Crippen LogP contribution < -0.4 is 10.2 Å². The third kappa shape index (κ3) is 3.86. The van der Waals surface area contributed by atoms with E-state index in [9.17, 15) is 0 Å². The lowest BCUT2D eigenvalue weighted by atomic mass is 9.79. The first kappa shape index (κ1) is 22.5. The monoisotopic (exact) mass is 464 g/mol. The molecule has 2 aromatic carbocycles. The number of anilines is 1. The van der Waals surface area contributed by atoms with Crippen LogP contribution in [0.1, 0.15) is 40.5 Å². The van der Waals surface area contributed by atoms with Gasteiger partial charge in [0, 0.05) is 52.4 Å². The summed E-state index contributed by atoms with van der Waals surface area (Å²) in [6.45, 7) is 8.60. The summed E-state index contributed by atoms with van der Waals surface area (Å²) >= 11 is 0. The summed E-state index contributed by atoms with van der Waals surface area (Å²) in [6, 6.07) is 7.10. The number of hydrogen-bond donors (Lipinski definition) is 3. The van der Waals surface area contributed by atoms with Crippen LogP contribution in [0.25, 0.3) is 33.2 Å². The van der Waals surface area contributed by atoms with Crippen molar-refractivity contribution in [2.45, 2.75) is 57.7 Å². The van der Waals surface area contributed by atoms with Crippen molar-refractivity contribution in [3.05, 3.63) is 54.5 Å². The summed E-state index contributed by atoms with van der Waals surface area (Å²) in [4.78, 5) is 1.89. The average Bonchev–Trinajstić information content (AvgIpc) is 3.45. The number of fused-ring (bicyclic) bond motifs is 1. The summed E-state index contributed by atoms with van der Waals surface area (Å²) in [6.07, 6.45) is 6.86. The van der Waals surface area contributed by atoms with Crippen LogP contribution in [0.15, 0.2) is 42.9 Å². The summed E-state index contributed by atoms with van der Waals surface area (Å²) < 4.78 is 31.0. The molecular weight excluding hydrogens is 434 g/mol. The maximum atomic E-state index is 15.5. The number of aromatic nitrogens is 4. The second-order valence-corrected chi connectivity index (χ2v) is 10.6. The van der Waals surface area contributed by atoms with Gasteiger partial charge in [-0.1, -0.05) is 12.1 Å². The van der Waals surface area contributed by atoms with Gasteiger partial charge in [0.25, 0.3) is 0 Å². The van der Waals surface area contributed by atoms with Crippen LogP contribution in [0.4, 0.5) is 14.5 Å². The van der Waals surface area contributed by atoms with Crippen molar-refractivity contribution in [1.29, 1.82) is 0 Å². The van der Waals surface area contributed by atoms with Gasteiger partial charge in [-0.15, -0.1) is 0 Å². The molecule has 0 radical (unpaired) electrons. The first-order valence-corrected chi connectivity index (χ1v) is 11.5. The van der Waals surface area contributed by atoms with Crippen molar-refractivity contribution < 1.29 is 8.78 Å². The van der Waals surface area contributed by atoms with Gasteiger partial charge in [-0.2, -0.15) is 10.2 Å². The summed E-state index contributed by atoms with van der Waals surface area (Å²) in [5.74, 6) is -1.69. The van der Waals surface area contributed by atoms with E-state index < -0.39 is 11.6 Å². The Morgan fingerprint density at radius 3 is 2.24 bits per heavy atom. The minimum atomic E-state index is -0.858. The van der Waals surface area contributed by atoms with Gasteiger partial charge in [-0.05, 0) is 58.2 Å². The number of piperidine rings is 1. The van der Waals surface area contributed by atoms with Crippen molar-refractivity contribution in [3.63, 3.8) is 0 Å². The molecule has 34 heavy (non-hydrogen) atoms. The van der Waals surface area contributed by atoms with Crippen molar-refractivity contribution >= 4 is 16.6 Å². The van der Waals surface area contributed by atoms with Crippen LogP contribution in [-0.2, 0) is 0 Å². The van der Waals surface area contributed by atoms with Crippen LogP contribution >= 0.6 is 0 Å². The van der Waals surface area contributed by atoms with E-state index in [-0.39, 0.29) is 28.4 Å². The second-order valence-electron chi connectivity index (χ2n) is 10.6. The van der Waals surface area contributed by atoms with Gasteiger partial charge >= 0.3 is 0 Å². The molecule has 1 aliphatic heterocycles. The topological polar surface area (TPSA) is 72.6 Å². The highest BCUT2D eigenvalue weighted by atomic mass is 19.2. The highest BCUT2D eigenvalue weighted by molar-refractivity contribution is 6.02. The Morgan fingerprint density at radius 2 is 1.56 bits per heavy atom. The van der Waals surface area contributed by atoms with Gasteiger partial charge in [0.2, 0.25) is 0 Å². The molecule has 5 rings (SSSR count). The molecular formula is C26H30F2N6. The minimum absolute atomic E-state index is 0.0829. The second kappa shape index (κ2) is 7.91. The molecule has 0 spiro atoms. The standard InChI is InChI=1S/C26H30F2N6/c1-25(2)10-16(11-26(3,4)33-25)34(5)21-9-8-18(22(27)23(21)28)19-7-6-17(15-12-29-30-13-15)20-14-31-32-24(19)20/h6-9,12-14,16,33H,10-11H2,1-5H3,(H,29,30)(H,31,32). The molecule has 1 fully saturated rings. The SMILES string of the molecule is CN(c1ccc(-c2ccc(-c3cn[nH]c3)c3cn[nH]c23)c(F)c1F)C1CC(C)(C)NC(C)(C)C1. The maximum Gasteiger partial charge on any atom is 0.182 e. The van der Waals surface area contributed by atoms with Crippen LogP contribution in [0.3, 0.4) is 0 Å². The summed E-state index contributed by atoms with van der Waals surface area (Å²) in [5, 5.41) is 18.4. The number of hydrogen-bond acceptors (Lipinski definition) is 4. The molecule has 3 N–H and O–H groups in total. The molecule has 0 aliphatic carbocycles. The van der Waals surface area contributed by atoms with E-state index in [1.54, 1.807) is 36.8 Å². The van der Waals surface area contributed by atoms with E-state index in [1.807, 2.05) is 18.0 Å². The zero-order valence-electron chi connectivity index (χ0n) is 20.1. The quantitative estimate of drug-likeness (QED) is 0.365. The number of nitrogens with zero attached hydrogens (tertiary/aromatic N) is 3. The van der Waals surface area contributed by atoms with E-state index in [4.69, 9.17) is 0 Å². The Bertz CT molecular complexity index is 1320. The predicted molar refractivity (Wildman–Crippen MR) is 132 cm³/mol. The molecule has 2 aromatic heterocycles. The lowest BCUT2D eigenvalue weighted by Crippen LogP contribution is -2.62. The molecule has 6 nitrogen and oxygen atoms in total. The first-order chi connectivity index (χ1) is 16.1. The third-order valence-electron chi connectivity index (χ3n) is 6.87. The molecule has 3 heterocycles. The fourth-order valence-electron chi connectivity index (χ4n) is 5.67. The Morgan fingerprint density at radius 1 is 0.882 bits per heavy atom. The smallest absolute Gasteiger partial charge is 0.182 e. The van der Waals surface area contributed by atoms with Crippen molar-refractivity contribution in [3.8, 4) is 22.3 Å². The first-order valence-electron chi connectivity index (χ1n) is 11.5. The molecule has 0 unspecified atom stereocenters. The molecule has 178 valence electrons. The zero-order chi connectivity index (χ0) is 24.3. The van der Waals surface area contributed by atoms with Gasteiger partial charge in [-0.25, -0.2) is 8.78 Å². The van der Waals surface area contributed by atoms with Crippen LogP contribution in [0, 0.1) is 11.6 Å². The molecule has 0 saturated carbocycles. The molecule has 0 amide bonds. The van der Waals surface area contributed by atoms with Gasteiger partial charge in [0.1, 0.15) is 0 Å². The van der Waals surface area contributed by atoms with E-state index in [0.29, 0.717) is 11.1 Å². The van der Waals surface area contributed by atoms with E-state index in [0.717, 1.165) is 29.4 Å². The van der Waals surface area contributed by atoms with Crippen LogP contribution in [-0.4, -0.2) is 44.6 Å². The minimum Gasteiger partial charge on any atom is -0.369 e. The zero-order valence-corrected chi connectivity index (χ0v) is 20.1. The average molecular weight is 465 g/mol. The highest BCUT2D eigenvalue weighted by Gasteiger charge is 2.39. The summed E-state index contributed by atoms with van der Waals surface area (Å²) in [7, 11) is 1.85. The largest absolute Gasteiger partial charge is 0.369 e. The number of rotatable bonds is 4. The number of halogens is 2. The fourth-order valence-corrected chi connectivity index (χ4v) is 5.67. The van der Waals surface area contributed by atoms with Gasteiger partial charge in [-0.3, -0.25) is 10.2 Å². The predicted octanol–water partition coefficient (Wildman–Crippen LogP) is 5.64. The highest BCUT2D eigenvalue weighted by Crippen LogP contribution is 2.39. The number of H-pyrrole nitrogens is 2. The Hall–Kier alpha value is -3.26. The number of nitrogens with one attached hydrogen (secondary N) is 3. The van der Waals surface area contributed by atoms with Crippen molar-refractivity contribution in [1.82, 2.24) is 25.7 Å². The van der Waals surface area contributed by atoms with Gasteiger partial charge in [0.05, 0.1) is 23.6 Å². The number of aromatic amines is 2. The Labute approximate surface area is 197 Å². The van der Waals surface area contributed by atoms with E-state index in [2.05, 4.69) is 53.4 Å². The van der Waals surface area contributed by atoms with E-state index >= 15 is 8.78 Å². The lowest BCUT2D eigenvalue weighted by Gasteiger charge is -2.49. The summed E-state index contributed by atoms with van der Waals surface area (Å²) in [5.41, 5.74) is 3.31.